The highest BCUT2D eigenvalue weighted by Crippen LogP contribution is 2.18. The van der Waals surface area contributed by atoms with E-state index in [9.17, 15) is 0 Å². The lowest BCUT2D eigenvalue weighted by Gasteiger charge is -2.12. The van der Waals surface area contributed by atoms with Crippen LogP contribution in [0.4, 0.5) is 0 Å². The van der Waals surface area contributed by atoms with Crippen LogP contribution in [0.15, 0.2) is 54.6 Å². The van der Waals surface area contributed by atoms with E-state index < -0.39 is 0 Å². The zero-order valence-electron chi connectivity index (χ0n) is 10.5. The van der Waals surface area contributed by atoms with Crippen molar-refractivity contribution >= 4 is 0 Å². The Bertz CT molecular complexity index is 520. The Morgan fingerprint density at radius 3 is 2.33 bits per heavy atom. The minimum absolute atomic E-state index is 0.285. The van der Waals surface area contributed by atoms with E-state index in [1.807, 2.05) is 30.3 Å². The predicted octanol–water partition coefficient (Wildman–Crippen LogP) is 3.89. The van der Waals surface area contributed by atoms with E-state index in [1.54, 1.807) is 0 Å². The van der Waals surface area contributed by atoms with Crippen molar-refractivity contribution < 1.29 is 4.74 Å². The number of benzene rings is 2. The quantitative estimate of drug-likeness (QED) is 0.732. The second-order valence-electron chi connectivity index (χ2n) is 4.25. The fourth-order valence-corrected chi connectivity index (χ4v) is 1.73. The molecule has 0 radical (unpaired) electrons. The van der Waals surface area contributed by atoms with Crippen LogP contribution in [-0.4, -0.2) is 0 Å². The fraction of sp³-hybridized carbons (Fsp3) is 0.176. The lowest BCUT2D eigenvalue weighted by Crippen LogP contribution is -2.02. The Balaban J connectivity index is 2.00. The molecule has 1 nitrogen and oxygen atoms in total. The minimum atomic E-state index is -0.285. The van der Waals surface area contributed by atoms with E-state index in [1.165, 1.54) is 5.56 Å². The highest BCUT2D eigenvalue weighted by atomic mass is 16.5. The molecule has 0 heterocycles. The van der Waals surface area contributed by atoms with Gasteiger partial charge in [0, 0.05) is 0 Å². The molecule has 0 aliphatic carbocycles. The monoisotopic (exact) mass is 236 g/mol. The van der Waals surface area contributed by atoms with Gasteiger partial charge in [0.1, 0.15) is 6.10 Å². The molecule has 0 unspecified atom stereocenters. The molecule has 0 aliphatic rings. The molecule has 18 heavy (non-hydrogen) atoms. The van der Waals surface area contributed by atoms with Crippen LogP contribution in [-0.2, 0) is 11.3 Å². The zero-order valence-corrected chi connectivity index (χ0v) is 10.5. The lowest BCUT2D eigenvalue weighted by atomic mass is 10.1. The highest BCUT2D eigenvalue weighted by Gasteiger charge is 2.07. The molecule has 0 aliphatic heterocycles. The van der Waals surface area contributed by atoms with Crippen LogP contribution in [0.5, 0.6) is 0 Å². The number of hydrogen-bond donors (Lipinski definition) is 0. The molecular formula is C17H16O. The van der Waals surface area contributed by atoms with Gasteiger partial charge in [-0.2, -0.15) is 0 Å². The molecule has 1 atom stereocenters. The van der Waals surface area contributed by atoms with Crippen molar-refractivity contribution in [2.45, 2.75) is 19.6 Å². The van der Waals surface area contributed by atoms with Gasteiger partial charge in [-0.05, 0) is 18.1 Å². The van der Waals surface area contributed by atoms with Gasteiger partial charge in [-0.1, -0.05) is 66.1 Å². The van der Waals surface area contributed by atoms with Gasteiger partial charge in [-0.15, -0.1) is 6.42 Å². The maximum Gasteiger partial charge on any atom is 0.143 e. The largest absolute Gasteiger partial charge is 0.356 e. The van der Waals surface area contributed by atoms with Crippen molar-refractivity contribution in [2.24, 2.45) is 0 Å². The summed E-state index contributed by atoms with van der Waals surface area (Å²) in [5, 5.41) is 0. The summed E-state index contributed by atoms with van der Waals surface area (Å²) in [7, 11) is 0. The molecule has 0 saturated carbocycles. The number of hydrogen-bond acceptors (Lipinski definition) is 1. The molecule has 0 spiro atoms. The first-order valence-corrected chi connectivity index (χ1v) is 5.98. The molecule has 2 aromatic rings. The maximum atomic E-state index is 5.77. The highest BCUT2D eigenvalue weighted by molar-refractivity contribution is 5.24. The van der Waals surface area contributed by atoms with Crippen LogP contribution >= 0.6 is 0 Å². The molecule has 2 rings (SSSR count). The number of rotatable bonds is 4. The molecule has 0 amide bonds. The summed E-state index contributed by atoms with van der Waals surface area (Å²) in [4.78, 5) is 0. The summed E-state index contributed by atoms with van der Waals surface area (Å²) in [6.07, 6.45) is 5.23. The SMILES string of the molecule is C#C[C@@H](OCc1ccc(C)cc1)c1ccccc1. The Morgan fingerprint density at radius 2 is 1.72 bits per heavy atom. The van der Waals surface area contributed by atoms with Crippen LogP contribution in [0.1, 0.15) is 22.8 Å². The molecule has 0 N–H and O–H groups in total. The van der Waals surface area contributed by atoms with Gasteiger partial charge in [0.2, 0.25) is 0 Å². The summed E-state index contributed by atoms with van der Waals surface area (Å²) in [5.41, 5.74) is 3.40. The Hall–Kier alpha value is -2.04. The van der Waals surface area contributed by atoms with Crippen LogP contribution < -0.4 is 0 Å². The number of terminal acetylenes is 1. The summed E-state index contributed by atoms with van der Waals surface area (Å²) < 4.78 is 5.77. The van der Waals surface area contributed by atoms with E-state index in [2.05, 4.69) is 37.1 Å². The van der Waals surface area contributed by atoms with Crippen LogP contribution in [0, 0.1) is 19.3 Å². The molecule has 1 heteroatoms. The zero-order chi connectivity index (χ0) is 12.8. The first kappa shape index (κ1) is 12.4. The van der Waals surface area contributed by atoms with Crippen molar-refractivity contribution in [2.75, 3.05) is 0 Å². The topological polar surface area (TPSA) is 9.23 Å². The van der Waals surface area contributed by atoms with Crippen molar-refractivity contribution in [3.8, 4) is 12.3 Å². The first-order chi connectivity index (χ1) is 8.79. The first-order valence-electron chi connectivity index (χ1n) is 5.98. The third-order valence-electron chi connectivity index (χ3n) is 2.79. The lowest BCUT2D eigenvalue weighted by molar-refractivity contribution is 0.0782. The predicted molar refractivity (Wildman–Crippen MR) is 74.0 cm³/mol. The molecular weight excluding hydrogens is 220 g/mol. The number of ether oxygens (including phenoxy) is 1. The van der Waals surface area contributed by atoms with E-state index >= 15 is 0 Å². The van der Waals surface area contributed by atoms with E-state index in [0.717, 1.165) is 11.1 Å². The molecule has 0 saturated heterocycles. The van der Waals surface area contributed by atoms with Gasteiger partial charge in [0.25, 0.3) is 0 Å². The number of aryl methyl sites for hydroxylation is 1. The van der Waals surface area contributed by atoms with Crippen LogP contribution in [0.3, 0.4) is 0 Å². The third-order valence-corrected chi connectivity index (χ3v) is 2.79. The fourth-order valence-electron chi connectivity index (χ4n) is 1.73. The third kappa shape index (κ3) is 3.23. The Labute approximate surface area is 108 Å². The summed E-state index contributed by atoms with van der Waals surface area (Å²) in [6.45, 7) is 2.60. The second-order valence-corrected chi connectivity index (χ2v) is 4.25. The molecule has 2 aromatic carbocycles. The van der Waals surface area contributed by atoms with Crippen LogP contribution in [0.25, 0.3) is 0 Å². The van der Waals surface area contributed by atoms with Gasteiger partial charge >= 0.3 is 0 Å². The minimum Gasteiger partial charge on any atom is -0.356 e. The molecule has 90 valence electrons. The van der Waals surface area contributed by atoms with E-state index in [-0.39, 0.29) is 6.10 Å². The van der Waals surface area contributed by atoms with Crippen molar-refractivity contribution in [1.82, 2.24) is 0 Å². The smallest absolute Gasteiger partial charge is 0.143 e. The normalized spacial score (nSPS) is 11.8. The Morgan fingerprint density at radius 1 is 1.06 bits per heavy atom. The van der Waals surface area contributed by atoms with Gasteiger partial charge in [0.05, 0.1) is 6.61 Å². The van der Waals surface area contributed by atoms with Gasteiger partial charge in [-0.3, -0.25) is 0 Å². The second kappa shape index (κ2) is 6.05. The van der Waals surface area contributed by atoms with Crippen molar-refractivity contribution in [3.63, 3.8) is 0 Å². The average molecular weight is 236 g/mol. The molecule has 0 aromatic heterocycles. The molecule has 0 bridgehead atoms. The maximum absolute atomic E-state index is 5.77. The Kier molecular flexibility index (Phi) is 4.17. The average Bonchev–Trinajstić information content (AvgIpc) is 2.43. The molecule has 0 fully saturated rings. The van der Waals surface area contributed by atoms with E-state index in [0.29, 0.717) is 6.61 Å². The van der Waals surface area contributed by atoms with Crippen LogP contribution in [0.2, 0.25) is 0 Å². The van der Waals surface area contributed by atoms with E-state index in [4.69, 9.17) is 11.2 Å². The van der Waals surface area contributed by atoms with Gasteiger partial charge in [0.15, 0.2) is 0 Å². The van der Waals surface area contributed by atoms with Crippen molar-refractivity contribution in [3.05, 3.63) is 71.3 Å². The van der Waals surface area contributed by atoms with Gasteiger partial charge in [-0.25, -0.2) is 0 Å². The van der Waals surface area contributed by atoms with Crippen molar-refractivity contribution in [1.29, 1.82) is 0 Å². The summed E-state index contributed by atoms with van der Waals surface area (Å²) in [5.74, 6) is 2.68. The standard InChI is InChI=1S/C17H16O/c1-3-17(16-7-5-4-6-8-16)18-13-15-11-9-14(2)10-12-15/h1,4-12,17H,13H2,2H3/t17-/m1/s1. The summed E-state index contributed by atoms with van der Waals surface area (Å²) in [6, 6.07) is 18.2. The van der Waals surface area contributed by atoms with Gasteiger partial charge < -0.3 is 4.74 Å². The summed E-state index contributed by atoms with van der Waals surface area (Å²) >= 11 is 0.